The summed E-state index contributed by atoms with van der Waals surface area (Å²) in [6.07, 6.45) is 3.82. The van der Waals surface area contributed by atoms with E-state index in [-0.39, 0.29) is 24.1 Å². The number of aryl methyl sites for hydroxylation is 1. The Labute approximate surface area is 150 Å². The van der Waals surface area contributed by atoms with Crippen LogP contribution in [0.2, 0.25) is 0 Å². The van der Waals surface area contributed by atoms with Gasteiger partial charge in [-0.1, -0.05) is 30.3 Å². The minimum atomic E-state index is -0.349. The Kier molecular flexibility index (Phi) is 5.63. The van der Waals surface area contributed by atoms with Gasteiger partial charge < -0.3 is 4.98 Å². The maximum atomic E-state index is 12.8. The van der Waals surface area contributed by atoms with E-state index in [1.165, 1.54) is 35.2 Å². The number of H-pyrrole nitrogens is 1. The van der Waals surface area contributed by atoms with E-state index in [4.69, 9.17) is 0 Å². The van der Waals surface area contributed by atoms with E-state index in [0.29, 0.717) is 18.4 Å². The number of amides is 2. The van der Waals surface area contributed by atoms with E-state index in [1.807, 2.05) is 24.4 Å². The first-order chi connectivity index (χ1) is 12.6. The summed E-state index contributed by atoms with van der Waals surface area (Å²) in [5.41, 5.74) is 7.73. The Morgan fingerprint density at radius 3 is 2.50 bits per heavy atom. The molecule has 3 N–H and O–H groups in total. The van der Waals surface area contributed by atoms with Gasteiger partial charge in [-0.3, -0.25) is 20.4 Å². The molecule has 1 heterocycles. The molecule has 3 aromatic rings. The monoisotopic (exact) mass is 353 g/mol. The molecule has 0 bridgehead atoms. The summed E-state index contributed by atoms with van der Waals surface area (Å²) >= 11 is 0. The standard InChI is InChI=1S/C20H20FN3O2/c21-16-10-8-14(9-11-16)12-20(26)24-23-19(25)7-3-4-15-13-22-18-6-2-1-5-17(15)18/h1-2,5-6,8-11,13,22H,3-4,7,12H2,(H,23,25)(H,24,26). The largest absolute Gasteiger partial charge is 0.361 e. The highest BCUT2D eigenvalue weighted by atomic mass is 19.1. The first-order valence-corrected chi connectivity index (χ1v) is 8.49. The van der Waals surface area contributed by atoms with Crippen LogP contribution in [0.3, 0.4) is 0 Å². The molecule has 0 saturated carbocycles. The molecule has 0 radical (unpaired) electrons. The molecule has 134 valence electrons. The van der Waals surface area contributed by atoms with E-state index < -0.39 is 0 Å². The number of carbonyl (C=O) groups excluding carboxylic acids is 2. The molecule has 0 aliphatic rings. The number of halogens is 1. The van der Waals surface area contributed by atoms with Crippen molar-refractivity contribution in [2.75, 3.05) is 0 Å². The van der Waals surface area contributed by atoms with E-state index in [1.54, 1.807) is 0 Å². The molecule has 3 rings (SSSR count). The van der Waals surface area contributed by atoms with Gasteiger partial charge >= 0.3 is 0 Å². The molecule has 0 atom stereocenters. The number of nitrogens with one attached hydrogen (secondary N) is 3. The summed E-state index contributed by atoms with van der Waals surface area (Å²) in [5, 5.41) is 1.17. The Morgan fingerprint density at radius 1 is 0.962 bits per heavy atom. The van der Waals surface area contributed by atoms with Gasteiger partial charge in [-0.15, -0.1) is 0 Å². The predicted molar refractivity (Wildman–Crippen MR) is 97.6 cm³/mol. The molecule has 0 unspecified atom stereocenters. The van der Waals surface area contributed by atoms with Crippen molar-refractivity contribution in [3.8, 4) is 0 Å². The highest BCUT2D eigenvalue weighted by molar-refractivity contribution is 5.84. The van der Waals surface area contributed by atoms with Gasteiger partial charge in [0.2, 0.25) is 11.8 Å². The van der Waals surface area contributed by atoms with E-state index in [2.05, 4.69) is 21.9 Å². The van der Waals surface area contributed by atoms with Gasteiger partial charge in [0.15, 0.2) is 0 Å². The average molecular weight is 353 g/mol. The third-order valence-corrected chi connectivity index (χ3v) is 4.14. The summed E-state index contributed by atoms with van der Waals surface area (Å²) in [6, 6.07) is 13.7. The topological polar surface area (TPSA) is 74.0 Å². The lowest BCUT2D eigenvalue weighted by Crippen LogP contribution is -2.42. The molecule has 0 fully saturated rings. The molecule has 26 heavy (non-hydrogen) atoms. The summed E-state index contributed by atoms with van der Waals surface area (Å²) in [7, 11) is 0. The number of hydrazine groups is 1. The highest BCUT2D eigenvalue weighted by Gasteiger charge is 2.08. The summed E-state index contributed by atoms with van der Waals surface area (Å²) in [4.78, 5) is 26.9. The Bertz CT molecular complexity index is 903. The van der Waals surface area contributed by atoms with Crippen molar-refractivity contribution in [1.82, 2.24) is 15.8 Å². The van der Waals surface area contributed by atoms with Crippen molar-refractivity contribution in [2.45, 2.75) is 25.7 Å². The molecule has 0 saturated heterocycles. The first-order valence-electron chi connectivity index (χ1n) is 8.49. The smallest absolute Gasteiger partial charge is 0.242 e. The van der Waals surface area contributed by atoms with Gasteiger partial charge in [-0.05, 0) is 42.2 Å². The van der Waals surface area contributed by atoms with Crippen molar-refractivity contribution >= 4 is 22.7 Å². The van der Waals surface area contributed by atoms with Gasteiger partial charge in [0, 0.05) is 23.5 Å². The van der Waals surface area contributed by atoms with Crippen molar-refractivity contribution in [3.63, 3.8) is 0 Å². The number of benzene rings is 2. The highest BCUT2D eigenvalue weighted by Crippen LogP contribution is 2.19. The van der Waals surface area contributed by atoms with Crippen molar-refractivity contribution < 1.29 is 14.0 Å². The zero-order chi connectivity index (χ0) is 18.4. The fraction of sp³-hybridized carbons (Fsp3) is 0.200. The van der Waals surface area contributed by atoms with Crippen LogP contribution in [0.15, 0.2) is 54.7 Å². The van der Waals surface area contributed by atoms with Gasteiger partial charge in [-0.25, -0.2) is 4.39 Å². The second-order valence-electron chi connectivity index (χ2n) is 6.11. The van der Waals surface area contributed by atoms with Crippen LogP contribution in [0.4, 0.5) is 4.39 Å². The van der Waals surface area contributed by atoms with Crippen molar-refractivity contribution in [2.24, 2.45) is 0 Å². The van der Waals surface area contributed by atoms with E-state index >= 15 is 0 Å². The number of fused-ring (bicyclic) bond motifs is 1. The quantitative estimate of drug-likeness (QED) is 0.596. The van der Waals surface area contributed by atoms with Crippen molar-refractivity contribution in [1.29, 1.82) is 0 Å². The number of para-hydroxylation sites is 1. The van der Waals surface area contributed by atoms with Crippen LogP contribution in [0.25, 0.3) is 10.9 Å². The molecule has 0 spiro atoms. The third-order valence-electron chi connectivity index (χ3n) is 4.14. The van der Waals surface area contributed by atoms with Crippen LogP contribution in [0, 0.1) is 5.82 Å². The number of carbonyl (C=O) groups is 2. The molecule has 0 aliphatic carbocycles. The molecule has 0 aliphatic heterocycles. The van der Waals surface area contributed by atoms with Gasteiger partial charge in [0.05, 0.1) is 6.42 Å². The average Bonchev–Trinajstić information content (AvgIpc) is 3.05. The second kappa shape index (κ2) is 8.29. The second-order valence-corrected chi connectivity index (χ2v) is 6.11. The Balaban J connectivity index is 1.38. The lowest BCUT2D eigenvalue weighted by atomic mass is 10.1. The van der Waals surface area contributed by atoms with Crippen LogP contribution in [0.5, 0.6) is 0 Å². The molecular weight excluding hydrogens is 333 g/mol. The molecular formula is C20H20FN3O2. The molecule has 6 heteroatoms. The maximum absolute atomic E-state index is 12.8. The third kappa shape index (κ3) is 4.69. The van der Waals surface area contributed by atoms with Crippen LogP contribution in [-0.4, -0.2) is 16.8 Å². The number of rotatable bonds is 6. The van der Waals surface area contributed by atoms with Gasteiger partial charge in [0.25, 0.3) is 0 Å². The lowest BCUT2D eigenvalue weighted by molar-refractivity contribution is -0.128. The molecule has 1 aromatic heterocycles. The predicted octanol–water partition coefficient (Wildman–Crippen LogP) is 3.02. The molecule has 2 aromatic carbocycles. The lowest BCUT2D eigenvalue weighted by Gasteiger charge is -2.07. The number of hydrogen-bond donors (Lipinski definition) is 3. The Hall–Kier alpha value is -3.15. The van der Waals surface area contributed by atoms with E-state index in [9.17, 15) is 14.0 Å². The van der Waals surface area contributed by atoms with E-state index in [0.717, 1.165) is 11.9 Å². The SMILES string of the molecule is O=C(CCCc1c[nH]c2ccccc12)NNC(=O)Cc1ccc(F)cc1. The minimum absolute atomic E-state index is 0.0793. The van der Waals surface area contributed by atoms with Crippen LogP contribution >= 0.6 is 0 Å². The van der Waals surface area contributed by atoms with Gasteiger partial charge in [-0.2, -0.15) is 0 Å². The molecule has 5 nitrogen and oxygen atoms in total. The van der Waals surface area contributed by atoms with Crippen molar-refractivity contribution in [3.05, 3.63) is 71.7 Å². The maximum Gasteiger partial charge on any atom is 0.242 e. The van der Waals surface area contributed by atoms with Crippen LogP contribution < -0.4 is 10.9 Å². The number of aromatic amines is 1. The summed E-state index contributed by atoms with van der Waals surface area (Å²) < 4.78 is 12.8. The number of hydrogen-bond acceptors (Lipinski definition) is 2. The first kappa shape index (κ1) is 17.7. The zero-order valence-corrected chi connectivity index (χ0v) is 14.2. The van der Waals surface area contributed by atoms with Crippen LogP contribution in [-0.2, 0) is 22.4 Å². The summed E-state index contributed by atoms with van der Waals surface area (Å²) in [5.74, 6) is -0.934. The minimum Gasteiger partial charge on any atom is -0.361 e. The fourth-order valence-electron chi connectivity index (χ4n) is 2.81. The number of aromatic nitrogens is 1. The Morgan fingerprint density at radius 2 is 1.69 bits per heavy atom. The molecule has 2 amide bonds. The summed E-state index contributed by atoms with van der Waals surface area (Å²) in [6.45, 7) is 0. The van der Waals surface area contributed by atoms with Crippen LogP contribution in [0.1, 0.15) is 24.0 Å². The fourth-order valence-corrected chi connectivity index (χ4v) is 2.81. The normalized spacial score (nSPS) is 10.7. The van der Waals surface area contributed by atoms with Gasteiger partial charge in [0.1, 0.15) is 5.82 Å². The zero-order valence-electron chi connectivity index (χ0n) is 14.2.